The van der Waals surface area contributed by atoms with E-state index in [1.54, 1.807) is 19.2 Å². The van der Waals surface area contributed by atoms with Crippen molar-refractivity contribution in [2.45, 2.75) is 0 Å². The lowest BCUT2D eigenvalue weighted by Gasteiger charge is -2.18. The van der Waals surface area contributed by atoms with Gasteiger partial charge in [0.25, 0.3) is 5.91 Å². The zero-order chi connectivity index (χ0) is 13.3. The summed E-state index contributed by atoms with van der Waals surface area (Å²) in [5.41, 5.74) is 7.29. The van der Waals surface area contributed by atoms with E-state index in [1.807, 2.05) is 6.07 Å². The van der Waals surface area contributed by atoms with E-state index < -0.39 is 0 Å². The predicted octanol–water partition coefficient (Wildman–Crippen LogP) is 3.55. The predicted molar refractivity (Wildman–Crippen MR) is 75.0 cm³/mol. The molecule has 1 amide bonds. The van der Waals surface area contributed by atoms with Gasteiger partial charge in [0.15, 0.2) is 0 Å². The first-order chi connectivity index (χ1) is 8.50. The Bertz CT molecular complexity index is 598. The molecule has 0 saturated heterocycles. The van der Waals surface area contributed by atoms with Crippen LogP contribution in [0.25, 0.3) is 0 Å². The van der Waals surface area contributed by atoms with Crippen LogP contribution in [-0.4, -0.2) is 13.0 Å². The Morgan fingerprint density at radius 1 is 1.44 bits per heavy atom. The Hall–Kier alpha value is -1.46. The van der Waals surface area contributed by atoms with Gasteiger partial charge in [0.2, 0.25) is 5.22 Å². The average Bonchev–Trinajstić information content (AvgIpc) is 2.74. The van der Waals surface area contributed by atoms with Crippen LogP contribution in [-0.2, 0) is 0 Å². The van der Waals surface area contributed by atoms with Crippen LogP contribution in [0.4, 0.5) is 11.4 Å². The van der Waals surface area contributed by atoms with Crippen LogP contribution in [0.3, 0.4) is 0 Å². The van der Waals surface area contributed by atoms with Gasteiger partial charge in [0.05, 0.1) is 23.2 Å². The highest BCUT2D eigenvalue weighted by Gasteiger charge is 2.20. The molecule has 0 aliphatic heterocycles. The molecule has 0 spiro atoms. The van der Waals surface area contributed by atoms with Crippen molar-refractivity contribution in [1.82, 2.24) is 0 Å². The number of carbonyl (C=O) groups excluding carboxylic acids is 1. The molecule has 0 saturated carbocycles. The number of nitrogens with two attached hydrogens (primary N) is 1. The van der Waals surface area contributed by atoms with Gasteiger partial charge in [0, 0.05) is 11.5 Å². The van der Waals surface area contributed by atoms with Crippen molar-refractivity contribution in [3.8, 4) is 0 Å². The second-order valence-corrected chi connectivity index (χ2v) is 4.93. The van der Waals surface area contributed by atoms with Crippen molar-refractivity contribution in [2.75, 3.05) is 17.7 Å². The van der Waals surface area contributed by atoms with Crippen molar-refractivity contribution >= 4 is 44.8 Å². The fourth-order valence-corrected chi connectivity index (χ4v) is 2.14. The van der Waals surface area contributed by atoms with Gasteiger partial charge >= 0.3 is 0 Å². The molecule has 0 aliphatic carbocycles. The van der Waals surface area contributed by atoms with Crippen LogP contribution in [0, 0.1) is 0 Å². The minimum atomic E-state index is -0.275. The van der Waals surface area contributed by atoms with E-state index >= 15 is 0 Å². The maximum Gasteiger partial charge on any atom is 0.262 e. The molecule has 1 aromatic carbocycles. The second-order valence-electron chi connectivity index (χ2n) is 3.68. The molecule has 0 fully saturated rings. The molecule has 6 heteroatoms. The van der Waals surface area contributed by atoms with Crippen molar-refractivity contribution in [3.63, 3.8) is 0 Å². The third-order valence-corrected chi connectivity index (χ3v) is 3.29. The summed E-state index contributed by atoms with van der Waals surface area (Å²) in [5, 5.41) is 0.0718. The number of amides is 1. The van der Waals surface area contributed by atoms with Gasteiger partial charge in [-0.3, -0.25) is 4.79 Å². The van der Waals surface area contributed by atoms with E-state index in [-0.39, 0.29) is 11.1 Å². The van der Waals surface area contributed by atoms with Crippen LogP contribution in [0.5, 0.6) is 0 Å². The first-order valence-electron chi connectivity index (χ1n) is 5.07. The summed E-state index contributed by atoms with van der Waals surface area (Å²) in [4.78, 5) is 13.6. The molecular formula is C12H10BrClN2O2. The third-order valence-electron chi connectivity index (χ3n) is 2.50. The molecule has 1 heterocycles. The lowest BCUT2D eigenvalue weighted by Crippen LogP contribution is -2.26. The molecule has 0 aliphatic rings. The zero-order valence-electron chi connectivity index (χ0n) is 9.48. The van der Waals surface area contributed by atoms with Gasteiger partial charge in [-0.1, -0.05) is 15.9 Å². The topological polar surface area (TPSA) is 59.5 Å². The molecule has 0 radical (unpaired) electrons. The Morgan fingerprint density at radius 3 is 2.72 bits per heavy atom. The number of hydrogen-bond acceptors (Lipinski definition) is 3. The summed E-state index contributed by atoms with van der Waals surface area (Å²) in [5.74, 6) is -0.275. The highest BCUT2D eigenvalue weighted by atomic mass is 79.9. The number of hydrogen-bond donors (Lipinski definition) is 1. The molecule has 0 atom stereocenters. The highest BCUT2D eigenvalue weighted by molar-refractivity contribution is 9.10. The fraction of sp³-hybridized carbons (Fsp3) is 0.0833. The number of rotatable bonds is 2. The molecular weight excluding hydrogens is 320 g/mol. The number of furan rings is 1. The van der Waals surface area contributed by atoms with E-state index in [1.165, 1.54) is 17.2 Å². The summed E-state index contributed by atoms with van der Waals surface area (Å²) in [6.45, 7) is 0. The fourth-order valence-electron chi connectivity index (χ4n) is 1.57. The molecule has 2 N–H and O–H groups in total. The monoisotopic (exact) mass is 328 g/mol. The van der Waals surface area contributed by atoms with Gasteiger partial charge in [0.1, 0.15) is 0 Å². The maximum atomic E-state index is 12.2. The van der Waals surface area contributed by atoms with Crippen molar-refractivity contribution in [1.29, 1.82) is 0 Å². The maximum absolute atomic E-state index is 12.2. The Morgan fingerprint density at radius 2 is 2.17 bits per heavy atom. The SMILES string of the molecule is CN(C(=O)c1ccoc1Cl)c1ccc(Br)cc1N. The van der Waals surface area contributed by atoms with Gasteiger partial charge in [-0.2, -0.15) is 0 Å². The smallest absolute Gasteiger partial charge is 0.262 e. The van der Waals surface area contributed by atoms with Gasteiger partial charge in [-0.25, -0.2) is 0 Å². The number of benzene rings is 1. The lowest BCUT2D eigenvalue weighted by molar-refractivity contribution is 0.0992. The van der Waals surface area contributed by atoms with E-state index in [4.69, 9.17) is 21.8 Å². The number of nitrogens with zero attached hydrogens (tertiary/aromatic N) is 1. The summed E-state index contributed by atoms with van der Waals surface area (Å²) in [7, 11) is 1.63. The van der Waals surface area contributed by atoms with E-state index in [9.17, 15) is 4.79 Å². The highest BCUT2D eigenvalue weighted by Crippen LogP contribution is 2.28. The quantitative estimate of drug-likeness (QED) is 0.857. The Kier molecular flexibility index (Phi) is 3.63. The number of anilines is 2. The standard InChI is InChI=1S/C12H10BrClN2O2/c1-16(10-3-2-7(13)6-9(10)15)12(17)8-4-5-18-11(8)14/h2-6H,15H2,1H3. The summed E-state index contributed by atoms with van der Waals surface area (Å²) in [6, 6.07) is 6.82. The number of nitrogen functional groups attached to an aromatic ring is 1. The Balaban J connectivity index is 2.34. The first kappa shape index (κ1) is 13.0. The zero-order valence-corrected chi connectivity index (χ0v) is 11.8. The summed E-state index contributed by atoms with van der Waals surface area (Å²) < 4.78 is 5.75. The average molecular weight is 330 g/mol. The molecule has 2 rings (SSSR count). The summed E-state index contributed by atoms with van der Waals surface area (Å²) in [6.07, 6.45) is 1.37. The van der Waals surface area contributed by atoms with Crippen LogP contribution >= 0.6 is 27.5 Å². The van der Waals surface area contributed by atoms with Crippen LogP contribution in [0.1, 0.15) is 10.4 Å². The minimum Gasteiger partial charge on any atom is -0.452 e. The van der Waals surface area contributed by atoms with Crippen LogP contribution < -0.4 is 10.6 Å². The van der Waals surface area contributed by atoms with E-state index in [2.05, 4.69) is 15.9 Å². The van der Waals surface area contributed by atoms with Crippen LogP contribution in [0.15, 0.2) is 39.4 Å². The normalized spacial score (nSPS) is 10.4. The third kappa shape index (κ3) is 2.37. The number of halogens is 2. The second kappa shape index (κ2) is 5.04. The molecule has 18 heavy (non-hydrogen) atoms. The van der Waals surface area contributed by atoms with E-state index in [0.717, 1.165) is 4.47 Å². The Labute approximate surface area is 117 Å². The van der Waals surface area contributed by atoms with Crippen molar-refractivity contribution in [2.24, 2.45) is 0 Å². The summed E-state index contributed by atoms with van der Waals surface area (Å²) >= 11 is 9.09. The van der Waals surface area contributed by atoms with Crippen molar-refractivity contribution < 1.29 is 9.21 Å². The number of carbonyl (C=O) groups is 1. The lowest BCUT2D eigenvalue weighted by atomic mass is 10.2. The van der Waals surface area contributed by atoms with E-state index in [0.29, 0.717) is 16.9 Å². The van der Waals surface area contributed by atoms with Crippen molar-refractivity contribution in [3.05, 3.63) is 45.8 Å². The van der Waals surface area contributed by atoms with Gasteiger partial charge in [-0.05, 0) is 35.9 Å². The molecule has 94 valence electrons. The molecule has 1 aromatic heterocycles. The molecule has 2 aromatic rings. The molecule has 0 bridgehead atoms. The first-order valence-corrected chi connectivity index (χ1v) is 6.24. The van der Waals surface area contributed by atoms with Crippen LogP contribution in [0.2, 0.25) is 5.22 Å². The minimum absolute atomic E-state index is 0.0718. The van der Waals surface area contributed by atoms with Gasteiger partial charge in [-0.15, -0.1) is 0 Å². The molecule has 4 nitrogen and oxygen atoms in total. The largest absolute Gasteiger partial charge is 0.452 e. The van der Waals surface area contributed by atoms with Gasteiger partial charge < -0.3 is 15.1 Å². The molecule has 0 unspecified atom stereocenters.